The van der Waals surface area contributed by atoms with E-state index in [1.165, 1.54) is 24.4 Å². The van der Waals surface area contributed by atoms with Crippen molar-refractivity contribution in [3.8, 4) is 17.1 Å². The quantitative estimate of drug-likeness (QED) is 0.471. The Bertz CT molecular complexity index is 909. The Labute approximate surface area is 161 Å². The van der Waals surface area contributed by atoms with Gasteiger partial charge in [0, 0.05) is 11.1 Å². The maximum Gasteiger partial charge on any atom is 0.209 e. The molecule has 0 aliphatic carbocycles. The summed E-state index contributed by atoms with van der Waals surface area (Å²) in [4.78, 5) is 16.8. The molecular weight excluding hydrogens is 370 g/mol. The number of benzene rings is 2. The van der Waals surface area contributed by atoms with E-state index in [9.17, 15) is 4.79 Å². The van der Waals surface area contributed by atoms with Gasteiger partial charge in [0.1, 0.15) is 5.75 Å². The minimum Gasteiger partial charge on any atom is -0.495 e. The third-order valence-electron chi connectivity index (χ3n) is 3.91. The lowest BCUT2D eigenvalue weighted by Crippen LogP contribution is -2.03. The summed E-state index contributed by atoms with van der Waals surface area (Å²) in [6.07, 6.45) is 0.995. The summed E-state index contributed by atoms with van der Waals surface area (Å²) in [6, 6.07) is 13.2. The molecule has 0 saturated heterocycles. The normalized spacial score (nSPS) is 10.7. The standard InChI is InChI=1S/C19H18ClN3O2S/c1-3-12-4-6-13(7-5-12)18-21-19(23-22-18)26-11-16(24)14-8-9-17(25-2)15(20)10-14/h4-10H,3,11H2,1-2H3,(H,21,22,23). The lowest BCUT2D eigenvalue weighted by molar-refractivity contribution is 0.102. The SMILES string of the molecule is CCc1ccc(-c2nc(SCC(=O)c3ccc(OC)c(Cl)c3)n[nH]2)cc1. The Morgan fingerprint density at radius 1 is 1.23 bits per heavy atom. The van der Waals surface area contributed by atoms with Crippen molar-refractivity contribution >= 4 is 29.1 Å². The number of aromatic nitrogens is 3. The number of thioether (sulfide) groups is 1. The molecule has 1 aromatic heterocycles. The van der Waals surface area contributed by atoms with Crippen molar-refractivity contribution in [1.29, 1.82) is 0 Å². The van der Waals surface area contributed by atoms with E-state index in [1.807, 2.05) is 12.1 Å². The molecule has 1 N–H and O–H groups in total. The molecule has 2 aromatic carbocycles. The zero-order valence-corrected chi connectivity index (χ0v) is 16.0. The van der Waals surface area contributed by atoms with Gasteiger partial charge in [0.25, 0.3) is 0 Å². The summed E-state index contributed by atoms with van der Waals surface area (Å²) >= 11 is 7.35. The highest BCUT2D eigenvalue weighted by molar-refractivity contribution is 7.99. The molecule has 0 aliphatic rings. The summed E-state index contributed by atoms with van der Waals surface area (Å²) < 4.78 is 5.10. The van der Waals surface area contributed by atoms with Gasteiger partial charge in [-0.1, -0.05) is 54.6 Å². The van der Waals surface area contributed by atoms with Crippen LogP contribution in [0.1, 0.15) is 22.8 Å². The number of hydrogen-bond acceptors (Lipinski definition) is 5. The van der Waals surface area contributed by atoms with Gasteiger partial charge >= 0.3 is 0 Å². The molecule has 0 radical (unpaired) electrons. The highest BCUT2D eigenvalue weighted by Crippen LogP contribution is 2.26. The number of aromatic amines is 1. The third-order valence-corrected chi connectivity index (χ3v) is 5.05. The predicted octanol–water partition coefficient (Wildman–Crippen LogP) is 4.67. The van der Waals surface area contributed by atoms with Crippen LogP contribution in [0.25, 0.3) is 11.4 Å². The molecule has 0 fully saturated rings. The second-order valence-electron chi connectivity index (χ2n) is 5.58. The lowest BCUT2D eigenvalue weighted by Gasteiger charge is -2.04. The van der Waals surface area contributed by atoms with Gasteiger partial charge in [-0.15, -0.1) is 5.10 Å². The summed E-state index contributed by atoms with van der Waals surface area (Å²) in [5, 5.41) is 8.04. The van der Waals surface area contributed by atoms with E-state index in [0.29, 0.717) is 27.3 Å². The smallest absolute Gasteiger partial charge is 0.209 e. The topological polar surface area (TPSA) is 67.9 Å². The second-order valence-corrected chi connectivity index (χ2v) is 6.93. The number of carbonyl (C=O) groups is 1. The van der Waals surface area contributed by atoms with Gasteiger partial charge < -0.3 is 4.74 Å². The molecule has 5 nitrogen and oxygen atoms in total. The molecule has 0 spiro atoms. The molecule has 26 heavy (non-hydrogen) atoms. The molecule has 0 amide bonds. The van der Waals surface area contributed by atoms with Crippen LogP contribution in [0.5, 0.6) is 5.75 Å². The third kappa shape index (κ3) is 4.26. The summed E-state index contributed by atoms with van der Waals surface area (Å²) in [5.74, 6) is 1.42. The van der Waals surface area contributed by atoms with E-state index < -0.39 is 0 Å². The average Bonchev–Trinajstić information content (AvgIpc) is 3.15. The lowest BCUT2D eigenvalue weighted by atomic mass is 10.1. The molecule has 0 unspecified atom stereocenters. The first-order chi connectivity index (χ1) is 12.6. The summed E-state index contributed by atoms with van der Waals surface area (Å²) in [5.41, 5.74) is 2.77. The molecule has 0 atom stereocenters. The van der Waals surface area contributed by atoms with Gasteiger partial charge in [-0.25, -0.2) is 4.98 Å². The van der Waals surface area contributed by atoms with Gasteiger partial charge in [0.15, 0.2) is 11.6 Å². The minimum atomic E-state index is -0.0433. The average molecular weight is 388 g/mol. The van der Waals surface area contributed by atoms with Crippen LogP contribution >= 0.6 is 23.4 Å². The predicted molar refractivity (Wildman–Crippen MR) is 104 cm³/mol. The Hall–Kier alpha value is -2.31. The van der Waals surface area contributed by atoms with Crippen LogP contribution in [-0.4, -0.2) is 33.8 Å². The number of Topliss-reactive ketones (excluding diaryl/α,β-unsaturated/α-hetero) is 1. The van der Waals surface area contributed by atoms with E-state index in [-0.39, 0.29) is 11.5 Å². The number of ketones is 1. The highest BCUT2D eigenvalue weighted by Gasteiger charge is 2.12. The molecule has 1 heterocycles. The van der Waals surface area contributed by atoms with Crippen LogP contribution in [0, 0.1) is 0 Å². The molecule has 7 heteroatoms. The van der Waals surface area contributed by atoms with Gasteiger partial charge in [-0.2, -0.15) is 0 Å². The number of hydrogen-bond donors (Lipinski definition) is 1. The fraction of sp³-hybridized carbons (Fsp3) is 0.211. The number of methoxy groups -OCH3 is 1. The number of H-pyrrole nitrogens is 1. The van der Waals surface area contributed by atoms with E-state index in [4.69, 9.17) is 16.3 Å². The fourth-order valence-corrected chi connectivity index (χ4v) is 3.34. The first kappa shape index (κ1) is 18.5. The fourth-order valence-electron chi connectivity index (χ4n) is 2.39. The van der Waals surface area contributed by atoms with Gasteiger partial charge in [0.05, 0.1) is 17.9 Å². The molecule has 0 bridgehead atoms. The number of ether oxygens (including phenoxy) is 1. The van der Waals surface area contributed by atoms with Crippen LogP contribution in [0.2, 0.25) is 5.02 Å². The largest absolute Gasteiger partial charge is 0.495 e. The number of aryl methyl sites for hydroxylation is 1. The maximum atomic E-state index is 12.3. The van der Waals surface area contributed by atoms with Crippen LogP contribution in [0.15, 0.2) is 47.6 Å². The van der Waals surface area contributed by atoms with Gasteiger partial charge in [-0.3, -0.25) is 9.89 Å². The Morgan fingerprint density at radius 3 is 2.65 bits per heavy atom. The maximum absolute atomic E-state index is 12.3. The molecule has 3 aromatic rings. The van der Waals surface area contributed by atoms with E-state index in [1.54, 1.807) is 18.2 Å². The number of nitrogens with one attached hydrogen (secondary N) is 1. The van der Waals surface area contributed by atoms with E-state index in [0.717, 1.165) is 12.0 Å². The Morgan fingerprint density at radius 2 is 2.00 bits per heavy atom. The van der Waals surface area contributed by atoms with Crippen molar-refractivity contribution in [2.75, 3.05) is 12.9 Å². The van der Waals surface area contributed by atoms with Crippen molar-refractivity contribution < 1.29 is 9.53 Å². The molecule has 3 rings (SSSR count). The number of nitrogens with zero attached hydrogens (tertiary/aromatic N) is 2. The van der Waals surface area contributed by atoms with Gasteiger partial charge in [-0.05, 0) is 30.2 Å². The van der Waals surface area contributed by atoms with Crippen molar-refractivity contribution in [2.24, 2.45) is 0 Å². The van der Waals surface area contributed by atoms with Crippen LogP contribution in [0.3, 0.4) is 0 Å². The van der Waals surface area contributed by atoms with E-state index >= 15 is 0 Å². The van der Waals surface area contributed by atoms with Crippen LogP contribution in [0.4, 0.5) is 0 Å². The number of halogens is 1. The van der Waals surface area contributed by atoms with Crippen LogP contribution in [-0.2, 0) is 6.42 Å². The van der Waals surface area contributed by atoms with Gasteiger partial charge in [0.2, 0.25) is 5.16 Å². The second kappa shape index (κ2) is 8.38. The first-order valence-electron chi connectivity index (χ1n) is 8.12. The summed E-state index contributed by atoms with van der Waals surface area (Å²) in [6.45, 7) is 2.12. The molecular formula is C19H18ClN3O2S. The molecule has 0 aliphatic heterocycles. The first-order valence-corrected chi connectivity index (χ1v) is 9.48. The zero-order chi connectivity index (χ0) is 18.5. The minimum absolute atomic E-state index is 0.0433. The molecule has 134 valence electrons. The van der Waals surface area contributed by atoms with Crippen molar-refractivity contribution in [3.05, 3.63) is 58.6 Å². The summed E-state index contributed by atoms with van der Waals surface area (Å²) in [7, 11) is 1.54. The van der Waals surface area contributed by atoms with Crippen molar-refractivity contribution in [2.45, 2.75) is 18.5 Å². The monoisotopic (exact) mass is 387 g/mol. The Balaban J connectivity index is 1.64. The zero-order valence-electron chi connectivity index (χ0n) is 14.5. The molecule has 0 saturated carbocycles. The number of carbonyl (C=O) groups excluding carboxylic acids is 1. The Kier molecular flexibility index (Phi) is 5.96. The number of rotatable bonds is 7. The van der Waals surface area contributed by atoms with Crippen molar-refractivity contribution in [1.82, 2.24) is 15.2 Å². The van der Waals surface area contributed by atoms with Crippen molar-refractivity contribution in [3.63, 3.8) is 0 Å². The van der Waals surface area contributed by atoms with E-state index in [2.05, 4.69) is 34.2 Å². The van der Waals surface area contributed by atoms with Crippen LogP contribution < -0.4 is 4.74 Å². The highest BCUT2D eigenvalue weighted by atomic mass is 35.5.